The number of allylic oxidation sites excluding steroid dienone is 1. The Morgan fingerprint density at radius 2 is 2.00 bits per heavy atom. The molecule has 0 radical (unpaired) electrons. The van der Waals surface area contributed by atoms with Gasteiger partial charge in [-0.2, -0.15) is 0 Å². The van der Waals surface area contributed by atoms with Crippen LogP contribution in [0.4, 0.5) is 0 Å². The van der Waals surface area contributed by atoms with Gasteiger partial charge < -0.3 is 4.74 Å². The molecular weight excluding hydrogens is 409 g/mol. The van der Waals surface area contributed by atoms with E-state index < -0.39 is 5.97 Å². The second-order valence-electron chi connectivity index (χ2n) is 6.36. The number of nitrogens with zero attached hydrogens (tertiary/aromatic N) is 3. The molecule has 0 amide bonds. The first-order valence-corrected chi connectivity index (χ1v) is 9.84. The van der Waals surface area contributed by atoms with Crippen LogP contribution in [0.5, 0.6) is 0 Å². The number of ether oxygens (including phenoxy) is 1. The SMILES string of the molecule is CCOC(=O)c1ncn2c1CN=C(/C=C/c1ccc(Cl)c(Cl)c1)c1ccccc1-2. The summed E-state index contributed by atoms with van der Waals surface area (Å²) in [4.78, 5) is 21.3. The largest absolute Gasteiger partial charge is 0.461 e. The zero-order chi connectivity index (χ0) is 20.4. The molecule has 1 aliphatic rings. The summed E-state index contributed by atoms with van der Waals surface area (Å²) in [6.45, 7) is 2.37. The summed E-state index contributed by atoms with van der Waals surface area (Å²) >= 11 is 12.1. The third kappa shape index (κ3) is 3.84. The topological polar surface area (TPSA) is 56.5 Å². The smallest absolute Gasteiger partial charge is 0.358 e. The number of benzene rings is 2. The fraction of sp³-hybridized carbons (Fsp3) is 0.136. The monoisotopic (exact) mass is 425 g/mol. The average molecular weight is 426 g/mol. The number of halogens is 2. The minimum atomic E-state index is -0.441. The predicted molar refractivity (Wildman–Crippen MR) is 115 cm³/mol. The van der Waals surface area contributed by atoms with Crippen molar-refractivity contribution in [3.8, 4) is 5.69 Å². The van der Waals surface area contributed by atoms with E-state index in [1.165, 1.54) is 0 Å². The van der Waals surface area contributed by atoms with Crippen molar-refractivity contribution in [2.75, 3.05) is 6.61 Å². The second kappa shape index (κ2) is 8.23. The van der Waals surface area contributed by atoms with Gasteiger partial charge in [-0.25, -0.2) is 9.78 Å². The Hall–Kier alpha value is -2.89. The van der Waals surface area contributed by atoms with Crippen LogP contribution in [-0.2, 0) is 11.3 Å². The molecule has 29 heavy (non-hydrogen) atoms. The zero-order valence-electron chi connectivity index (χ0n) is 15.6. The number of imidazole rings is 1. The molecule has 0 spiro atoms. The van der Waals surface area contributed by atoms with E-state index in [4.69, 9.17) is 32.9 Å². The number of hydrogen-bond donors (Lipinski definition) is 0. The lowest BCUT2D eigenvalue weighted by atomic mass is 10.1. The number of hydrogen-bond acceptors (Lipinski definition) is 4. The first-order chi connectivity index (χ1) is 14.1. The molecule has 0 N–H and O–H groups in total. The van der Waals surface area contributed by atoms with E-state index >= 15 is 0 Å². The van der Waals surface area contributed by atoms with E-state index in [0.717, 1.165) is 22.5 Å². The Balaban J connectivity index is 1.75. The molecule has 2 heterocycles. The van der Waals surface area contributed by atoms with Crippen molar-refractivity contribution in [3.05, 3.63) is 87.4 Å². The number of aliphatic imine (C=N–C) groups is 1. The summed E-state index contributed by atoms with van der Waals surface area (Å²) in [7, 11) is 0. The van der Waals surface area contributed by atoms with Gasteiger partial charge in [-0.3, -0.25) is 9.56 Å². The van der Waals surface area contributed by atoms with Gasteiger partial charge in [0, 0.05) is 5.56 Å². The Bertz CT molecular complexity index is 1150. The number of esters is 1. The van der Waals surface area contributed by atoms with Crippen LogP contribution in [0.15, 0.2) is 59.9 Å². The summed E-state index contributed by atoms with van der Waals surface area (Å²) in [5, 5.41) is 1.01. The Kier molecular flexibility index (Phi) is 5.51. The highest BCUT2D eigenvalue weighted by atomic mass is 35.5. The van der Waals surface area contributed by atoms with Gasteiger partial charge in [0.05, 0.1) is 40.3 Å². The number of fused-ring (bicyclic) bond motifs is 3. The van der Waals surface area contributed by atoms with Gasteiger partial charge in [0.1, 0.15) is 6.33 Å². The van der Waals surface area contributed by atoms with E-state index in [1.54, 1.807) is 25.4 Å². The maximum absolute atomic E-state index is 12.3. The van der Waals surface area contributed by atoms with Crippen LogP contribution in [0.2, 0.25) is 10.0 Å². The third-order valence-electron chi connectivity index (χ3n) is 4.55. The quantitative estimate of drug-likeness (QED) is 0.527. The van der Waals surface area contributed by atoms with Crippen molar-refractivity contribution in [3.63, 3.8) is 0 Å². The van der Waals surface area contributed by atoms with Crippen LogP contribution in [0, 0.1) is 0 Å². The molecule has 4 rings (SSSR count). The first-order valence-electron chi connectivity index (χ1n) is 9.09. The molecule has 0 saturated carbocycles. The van der Waals surface area contributed by atoms with Gasteiger partial charge in [0.15, 0.2) is 5.69 Å². The fourth-order valence-corrected chi connectivity index (χ4v) is 3.49. The number of aromatic nitrogens is 2. The third-order valence-corrected chi connectivity index (χ3v) is 5.29. The van der Waals surface area contributed by atoms with E-state index in [0.29, 0.717) is 34.6 Å². The normalized spacial score (nSPS) is 12.9. The lowest BCUT2D eigenvalue weighted by Gasteiger charge is -2.09. The van der Waals surface area contributed by atoms with Crippen LogP contribution in [0.25, 0.3) is 11.8 Å². The van der Waals surface area contributed by atoms with E-state index in [1.807, 2.05) is 47.1 Å². The van der Waals surface area contributed by atoms with Crippen LogP contribution in [0.1, 0.15) is 34.2 Å². The van der Waals surface area contributed by atoms with Crippen molar-refractivity contribution < 1.29 is 9.53 Å². The lowest BCUT2D eigenvalue weighted by Crippen LogP contribution is -2.09. The summed E-state index contributed by atoms with van der Waals surface area (Å²) in [6.07, 6.45) is 5.51. The maximum Gasteiger partial charge on any atom is 0.358 e. The zero-order valence-corrected chi connectivity index (χ0v) is 17.1. The molecule has 1 aliphatic heterocycles. The first kappa shape index (κ1) is 19.4. The minimum absolute atomic E-state index is 0.292. The highest BCUT2D eigenvalue weighted by Gasteiger charge is 2.23. The van der Waals surface area contributed by atoms with Crippen LogP contribution >= 0.6 is 23.2 Å². The lowest BCUT2D eigenvalue weighted by molar-refractivity contribution is 0.0518. The van der Waals surface area contributed by atoms with Crippen molar-refractivity contribution in [1.82, 2.24) is 9.55 Å². The van der Waals surface area contributed by atoms with Gasteiger partial charge in [-0.05, 0) is 36.8 Å². The molecule has 0 saturated heterocycles. The Morgan fingerprint density at radius 3 is 2.79 bits per heavy atom. The molecule has 146 valence electrons. The van der Waals surface area contributed by atoms with Crippen LogP contribution < -0.4 is 0 Å². The number of carbonyl (C=O) groups excluding carboxylic acids is 1. The molecule has 3 aromatic rings. The van der Waals surface area contributed by atoms with Crippen molar-refractivity contribution in [2.45, 2.75) is 13.5 Å². The highest BCUT2D eigenvalue weighted by Crippen LogP contribution is 2.26. The molecule has 5 nitrogen and oxygen atoms in total. The van der Waals surface area contributed by atoms with E-state index in [2.05, 4.69) is 4.98 Å². The molecule has 0 aliphatic carbocycles. The molecule has 0 bridgehead atoms. The molecule has 1 aromatic heterocycles. The van der Waals surface area contributed by atoms with Gasteiger partial charge in [-0.1, -0.05) is 53.5 Å². The molecule has 7 heteroatoms. The maximum atomic E-state index is 12.3. The van der Waals surface area contributed by atoms with Crippen LogP contribution in [-0.4, -0.2) is 27.8 Å². The van der Waals surface area contributed by atoms with Gasteiger partial charge in [0.25, 0.3) is 0 Å². The summed E-state index contributed by atoms with van der Waals surface area (Å²) in [5.74, 6) is -0.441. The summed E-state index contributed by atoms with van der Waals surface area (Å²) in [6, 6.07) is 13.3. The second-order valence-corrected chi connectivity index (χ2v) is 7.17. The van der Waals surface area contributed by atoms with Crippen molar-refractivity contribution in [1.29, 1.82) is 0 Å². The average Bonchev–Trinajstić information content (AvgIpc) is 3.08. The predicted octanol–water partition coefficient (Wildman–Crippen LogP) is 5.37. The molecule has 0 unspecified atom stereocenters. The van der Waals surface area contributed by atoms with Gasteiger partial charge in [0.2, 0.25) is 0 Å². The minimum Gasteiger partial charge on any atom is -0.461 e. The molecule has 0 atom stereocenters. The standard InChI is InChI=1S/C22H17Cl2N3O2/c1-2-29-22(28)21-20-12-25-18(10-8-14-7-9-16(23)17(24)11-14)15-5-3-4-6-19(15)27(20)13-26-21/h3-11,13H,2,12H2,1H3/b10-8+. The van der Waals surface area contributed by atoms with Crippen molar-refractivity contribution in [2.24, 2.45) is 4.99 Å². The van der Waals surface area contributed by atoms with Crippen LogP contribution in [0.3, 0.4) is 0 Å². The fourth-order valence-electron chi connectivity index (χ4n) is 3.18. The molecule has 2 aromatic carbocycles. The highest BCUT2D eigenvalue weighted by molar-refractivity contribution is 6.42. The molecular formula is C22H17Cl2N3O2. The van der Waals surface area contributed by atoms with Gasteiger partial charge in [-0.15, -0.1) is 0 Å². The number of rotatable bonds is 4. The summed E-state index contributed by atoms with van der Waals surface area (Å²) in [5.41, 5.74) is 4.55. The number of carbonyl (C=O) groups is 1. The number of para-hydroxylation sites is 1. The molecule has 0 fully saturated rings. The van der Waals surface area contributed by atoms with Crippen molar-refractivity contribution >= 4 is 41.0 Å². The summed E-state index contributed by atoms with van der Waals surface area (Å²) < 4.78 is 7.03. The Morgan fingerprint density at radius 1 is 1.17 bits per heavy atom. The Labute approximate surface area is 178 Å². The van der Waals surface area contributed by atoms with E-state index in [-0.39, 0.29) is 0 Å². The van der Waals surface area contributed by atoms with Gasteiger partial charge >= 0.3 is 5.97 Å². The van der Waals surface area contributed by atoms with E-state index in [9.17, 15) is 4.79 Å².